The van der Waals surface area contributed by atoms with Gasteiger partial charge < -0.3 is 20.0 Å². The van der Waals surface area contributed by atoms with E-state index in [9.17, 15) is 0 Å². The molecule has 3 aliphatic heterocycles. The summed E-state index contributed by atoms with van der Waals surface area (Å²) in [5, 5.41) is 7.32. The summed E-state index contributed by atoms with van der Waals surface area (Å²) in [5.41, 5.74) is 0.250. The molecule has 1 atom stereocenters. The fourth-order valence-electron chi connectivity index (χ4n) is 5.61. The maximum atomic E-state index is 5.78. The van der Waals surface area contributed by atoms with Crippen LogP contribution < -0.4 is 10.6 Å². The fourth-order valence-corrected chi connectivity index (χ4v) is 5.61. The number of guanidine groups is 1. The standard InChI is InChI=1S/C24H42N6O/c1-25-23(26-19-21(22-9-8-18-31-22)29-12-6-7-13-29)27-20-24(10-16-28(2)17-11-24)30-14-4-3-5-15-30/h8-9,18,21H,3-7,10-17,19-20H2,1-2H3,(H2,25,26,27). The van der Waals surface area contributed by atoms with Gasteiger partial charge in [-0.15, -0.1) is 0 Å². The summed E-state index contributed by atoms with van der Waals surface area (Å²) in [6.45, 7) is 8.91. The van der Waals surface area contributed by atoms with Crippen LogP contribution in [0.5, 0.6) is 0 Å². The zero-order chi connectivity index (χ0) is 21.5. The highest BCUT2D eigenvalue weighted by molar-refractivity contribution is 5.79. The molecular formula is C24H42N6O. The highest BCUT2D eigenvalue weighted by atomic mass is 16.3. The number of likely N-dealkylation sites (tertiary alicyclic amines) is 3. The van der Waals surface area contributed by atoms with Crippen molar-refractivity contribution in [2.75, 3.05) is 66.5 Å². The Balaban J connectivity index is 1.37. The minimum Gasteiger partial charge on any atom is -0.468 e. The van der Waals surface area contributed by atoms with Crippen LogP contribution in [-0.2, 0) is 0 Å². The quantitative estimate of drug-likeness (QED) is 0.512. The lowest BCUT2D eigenvalue weighted by atomic mass is 9.84. The van der Waals surface area contributed by atoms with Gasteiger partial charge in [0.2, 0.25) is 0 Å². The fraction of sp³-hybridized carbons (Fsp3) is 0.792. The molecule has 31 heavy (non-hydrogen) atoms. The Labute approximate surface area is 188 Å². The molecule has 0 aromatic carbocycles. The Hall–Kier alpha value is -1.57. The minimum atomic E-state index is 0.250. The van der Waals surface area contributed by atoms with Crippen molar-refractivity contribution in [3.8, 4) is 0 Å². The average molecular weight is 431 g/mol. The van der Waals surface area contributed by atoms with E-state index in [0.717, 1.165) is 37.9 Å². The molecule has 0 radical (unpaired) electrons. The summed E-state index contributed by atoms with van der Waals surface area (Å²) in [5.74, 6) is 1.95. The molecule has 1 aromatic rings. The number of rotatable bonds is 7. The molecule has 2 N–H and O–H groups in total. The number of nitrogens with one attached hydrogen (secondary N) is 2. The SMILES string of the molecule is CN=C(NCC(c1ccco1)N1CCCC1)NCC1(N2CCCCC2)CCN(C)CC1. The van der Waals surface area contributed by atoms with Crippen LogP contribution >= 0.6 is 0 Å². The van der Waals surface area contributed by atoms with E-state index in [1.165, 1.54) is 71.1 Å². The monoisotopic (exact) mass is 430 g/mol. The summed E-state index contributed by atoms with van der Waals surface area (Å²) < 4.78 is 5.78. The molecule has 174 valence electrons. The maximum absolute atomic E-state index is 5.78. The maximum Gasteiger partial charge on any atom is 0.191 e. The molecule has 1 unspecified atom stereocenters. The summed E-state index contributed by atoms with van der Waals surface area (Å²) in [6, 6.07) is 4.36. The van der Waals surface area contributed by atoms with Crippen molar-refractivity contribution < 1.29 is 4.42 Å². The molecule has 3 saturated heterocycles. The third-order valence-electron chi connectivity index (χ3n) is 7.67. The predicted octanol–water partition coefficient (Wildman–Crippen LogP) is 2.53. The second-order valence-corrected chi connectivity index (χ2v) is 9.66. The van der Waals surface area contributed by atoms with E-state index in [-0.39, 0.29) is 11.6 Å². The van der Waals surface area contributed by atoms with Crippen LogP contribution in [0.1, 0.15) is 56.7 Å². The van der Waals surface area contributed by atoms with Crippen molar-refractivity contribution in [1.82, 2.24) is 25.3 Å². The van der Waals surface area contributed by atoms with Crippen LogP contribution in [0.2, 0.25) is 0 Å². The van der Waals surface area contributed by atoms with Gasteiger partial charge in [0.05, 0.1) is 12.3 Å². The first-order valence-electron chi connectivity index (χ1n) is 12.4. The van der Waals surface area contributed by atoms with Crippen LogP contribution in [0.3, 0.4) is 0 Å². The van der Waals surface area contributed by atoms with E-state index in [4.69, 9.17) is 4.42 Å². The minimum absolute atomic E-state index is 0.250. The molecule has 4 heterocycles. The lowest BCUT2D eigenvalue weighted by Crippen LogP contribution is -2.62. The Morgan fingerprint density at radius 2 is 1.74 bits per heavy atom. The lowest BCUT2D eigenvalue weighted by molar-refractivity contribution is 0.0173. The van der Waals surface area contributed by atoms with Crippen LogP contribution in [0.4, 0.5) is 0 Å². The van der Waals surface area contributed by atoms with E-state index in [2.05, 4.69) is 43.4 Å². The highest BCUT2D eigenvalue weighted by Gasteiger charge is 2.39. The molecule has 0 saturated carbocycles. The van der Waals surface area contributed by atoms with E-state index < -0.39 is 0 Å². The number of hydrogen-bond donors (Lipinski definition) is 2. The zero-order valence-electron chi connectivity index (χ0n) is 19.6. The summed E-state index contributed by atoms with van der Waals surface area (Å²) in [4.78, 5) is 12.3. The number of hydrogen-bond acceptors (Lipinski definition) is 5. The molecule has 3 aliphatic rings. The predicted molar refractivity (Wildman–Crippen MR) is 127 cm³/mol. The molecule has 0 spiro atoms. The lowest BCUT2D eigenvalue weighted by Gasteiger charge is -2.50. The first kappa shape index (κ1) is 22.6. The van der Waals surface area contributed by atoms with Gasteiger partial charge in [-0.3, -0.25) is 14.8 Å². The van der Waals surface area contributed by atoms with Gasteiger partial charge in [-0.25, -0.2) is 0 Å². The second kappa shape index (κ2) is 10.8. The van der Waals surface area contributed by atoms with Crippen LogP contribution in [0, 0.1) is 0 Å². The van der Waals surface area contributed by atoms with Crippen LogP contribution in [-0.4, -0.2) is 92.7 Å². The number of nitrogens with zero attached hydrogens (tertiary/aromatic N) is 4. The summed E-state index contributed by atoms with van der Waals surface area (Å²) in [6.07, 6.45) is 10.9. The Morgan fingerprint density at radius 3 is 2.39 bits per heavy atom. The van der Waals surface area contributed by atoms with E-state index in [0.29, 0.717) is 0 Å². The average Bonchev–Trinajstić information content (AvgIpc) is 3.53. The highest BCUT2D eigenvalue weighted by Crippen LogP contribution is 2.31. The molecule has 0 amide bonds. The third-order valence-corrected chi connectivity index (χ3v) is 7.67. The van der Waals surface area contributed by atoms with Gasteiger partial charge in [-0.1, -0.05) is 6.42 Å². The van der Waals surface area contributed by atoms with E-state index >= 15 is 0 Å². The summed E-state index contributed by atoms with van der Waals surface area (Å²) >= 11 is 0. The smallest absolute Gasteiger partial charge is 0.191 e. The molecule has 4 rings (SSSR count). The van der Waals surface area contributed by atoms with E-state index in [1.54, 1.807) is 6.26 Å². The van der Waals surface area contributed by atoms with Crippen molar-refractivity contribution in [2.24, 2.45) is 4.99 Å². The molecule has 7 heteroatoms. The Bertz CT molecular complexity index is 670. The van der Waals surface area contributed by atoms with Crippen molar-refractivity contribution >= 4 is 5.96 Å². The van der Waals surface area contributed by atoms with E-state index in [1.807, 2.05) is 13.1 Å². The zero-order valence-corrected chi connectivity index (χ0v) is 19.6. The molecule has 0 aliphatic carbocycles. The topological polar surface area (TPSA) is 59.3 Å². The van der Waals surface area contributed by atoms with Gasteiger partial charge in [-0.2, -0.15) is 0 Å². The largest absolute Gasteiger partial charge is 0.468 e. The Morgan fingerprint density at radius 1 is 1.03 bits per heavy atom. The number of piperidine rings is 2. The molecule has 3 fully saturated rings. The first-order valence-corrected chi connectivity index (χ1v) is 12.4. The van der Waals surface area contributed by atoms with Gasteiger partial charge in [0.25, 0.3) is 0 Å². The van der Waals surface area contributed by atoms with Gasteiger partial charge in [0.15, 0.2) is 5.96 Å². The number of aliphatic imine (C=N–C) groups is 1. The number of furan rings is 1. The third kappa shape index (κ3) is 5.62. The van der Waals surface area contributed by atoms with Gasteiger partial charge in [0.1, 0.15) is 5.76 Å². The summed E-state index contributed by atoms with van der Waals surface area (Å²) in [7, 11) is 4.14. The van der Waals surface area contributed by atoms with Gasteiger partial charge in [0, 0.05) is 25.7 Å². The van der Waals surface area contributed by atoms with Crippen LogP contribution in [0.25, 0.3) is 0 Å². The van der Waals surface area contributed by atoms with Crippen molar-refractivity contribution in [3.63, 3.8) is 0 Å². The van der Waals surface area contributed by atoms with Gasteiger partial charge in [-0.05, 0) is 97.0 Å². The molecular weight excluding hydrogens is 388 g/mol. The molecule has 1 aromatic heterocycles. The first-order chi connectivity index (χ1) is 15.2. The normalized spacial score (nSPS) is 24.9. The van der Waals surface area contributed by atoms with Crippen LogP contribution in [0.15, 0.2) is 27.8 Å². The van der Waals surface area contributed by atoms with Crippen molar-refractivity contribution in [2.45, 2.75) is 56.5 Å². The van der Waals surface area contributed by atoms with Crippen molar-refractivity contribution in [3.05, 3.63) is 24.2 Å². The molecule has 0 bridgehead atoms. The Kier molecular flexibility index (Phi) is 7.91. The second-order valence-electron chi connectivity index (χ2n) is 9.66. The van der Waals surface area contributed by atoms with Gasteiger partial charge >= 0.3 is 0 Å². The van der Waals surface area contributed by atoms with Crippen molar-refractivity contribution in [1.29, 1.82) is 0 Å². The molecule has 7 nitrogen and oxygen atoms in total.